The van der Waals surface area contributed by atoms with Crippen LogP contribution in [0.3, 0.4) is 0 Å². The minimum atomic E-state index is 0.344. The molecule has 0 aliphatic carbocycles. The third-order valence-electron chi connectivity index (χ3n) is 2.68. The van der Waals surface area contributed by atoms with Crippen molar-refractivity contribution < 1.29 is 0 Å². The molecule has 0 saturated carbocycles. The van der Waals surface area contributed by atoms with Crippen molar-refractivity contribution in [2.24, 2.45) is 17.5 Å². The fraction of sp³-hybridized carbons (Fsp3) is 0.667. The lowest BCUT2D eigenvalue weighted by atomic mass is 9.97. The summed E-state index contributed by atoms with van der Waals surface area (Å²) in [4.78, 5) is 4.56. The van der Waals surface area contributed by atoms with E-state index in [0.29, 0.717) is 5.41 Å². The van der Waals surface area contributed by atoms with Crippen molar-refractivity contribution in [1.29, 1.82) is 0 Å². The van der Waals surface area contributed by atoms with Crippen LogP contribution in [0, 0.1) is 5.41 Å². The fourth-order valence-electron chi connectivity index (χ4n) is 1.64. The molecule has 5 heteroatoms. The number of aliphatic imine (C=N–C) groups is 1. The predicted molar refractivity (Wildman–Crippen MR) is 73.5 cm³/mol. The van der Waals surface area contributed by atoms with Crippen molar-refractivity contribution in [1.82, 2.24) is 15.1 Å². The highest BCUT2D eigenvalue weighted by Gasteiger charge is 2.22. The SMILES string of the molecule is Cn1ccc(CCNC2=NCC(C)(C)CS2)n1. The minimum absolute atomic E-state index is 0.344. The van der Waals surface area contributed by atoms with Crippen LogP contribution < -0.4 is 5.32 Å². The Labute approximate surface area is 107 Å². The normalized spacial score (nSPS) is 18.9. The maximum absolute atomic E-state index is 4.56. The van der Waals surface area contributed by atoms with Gasteiger partial charge in [-0.25, -0.2) is 0 Å². The highest BCUT2D eigenvalue weighted by molar-refractivity contribution is 8.13. The standard InChI is InChI=1S/C12H20N4S/c1-12(2)8-14-11(17-9-12)13-6-4-10-5-7-16(3)15-10/h5,7H,4,6,8-9H2,1-3H3,(H,13,14). The molecule has 0 aromatic carbocycles. The molecular formula is C12H20N4S. The van der Waals surface area contributed by atoms with Crippen LogP contribution in [0.1, 0.15) is 19.5 Å². The van der Waals surface area contributed by atoms with Crippen LogP contribution in [0.5, 0.6) is 0 Å². The van der Waals surface area contributed by atoms with Gasteiger partial charge < -0.3 is 5.32 Å². The van der Waals surface area contributed by atoms with Crippen molar-refractivity contribution in [3.05, 3.63) is 18.0 Å². The van der Waals surface area contributed by atoms with Crippen LogP contribution in [0.15, 0.2) is 17.3 Å². The van der Waals surface area contributed by atoms with Gasteiger partial charge in [0.25, 0.3) is 0 Å². The van der Waals surface area contributed by atoms with E-state index in [0.717, 1.165) is 36.1 Å². The van der Waals surface area contributed by atoms with Gasteiger partial charge >= 0.3 is 0 Å². The van der Waals surface area contributed by atoms with Gasteiger partial charge in [-0.15, -0.1) is 0 Å². The van der Waals surface area contributed by atoms with Gasteiger partial charge in [0.2, 0.25) is 0 Å². The van der Waals surface area contributed by atoms with Crippen molar-refractivity contribution >= 4 is 16.9 Å². The molecule has 1 aliphatic rings. The van der Waals surface area contributed by atoms with Gasteiger partial charge in [0.15, 0.2) is 5.17 Å². The molecule has 1 aliphatic heterocycles. The van der Waals surface area contributed by atoms with E-state index in [-0.39, 0.29) is 0 Å². The van der Waals surface area contributed by atoms with E-state index in [2.05, 4.69) is 35.3 Å². The lowest BCUT2D eigenvalue weighted by Gasteiger charge is -2.27. The van der Waals surface area contributed by atoms with E-state index < -0.39 is 0 Å². The maximum Gasteiger partial charge on any atom is 0.156 e. The highest BCUT2D eigenvalue weighted by Crippen LogP contribution is 2.26. The Balaban J connectivity index is 1.74. The minimum Gasteiger partial charge on any atom is -0.365 e. The Morgan fingerprint density at radius 1 is 1.53 bits per heavy atom. The van der Waals surface area contributed by atoms with Crippen LogP contribution in [0.2, 0.25) is 0 Å². The predicted octanol–water partition coefficient (Wildman–Crippen LogP) is 1.68. The van der Waals surface area contributed by atoms with Crippen molar-refractivity contribution in [2.45, 2.75) is 20.3 Å². The van der Waals surface area contributed by atoms with Gasteiger partial charge in [-0.3, -0.25) is 9.67 Å². The summed E-state index contributed by atoms with van der Waals surface area (Å²) in [5, 5.41) is 8.81. The summed E-state index contributed by atoms with van der Waals surface area (Å²) in [5.41, 5.74) is 1.47. The lowest BCUT2D eigenvalue weighted by Crippen LogP contribution is -2.32. The molecule has 0 saturated heterocycles. The topological polar surface area (TPSA) is 42.2 Å². The number of hydrogen-bond donors (Lipinski definition) is 1. The molecule has 2 rings (SSSR count). The van der Waals surface area contributed by atoms with E-state index in [9.17, 15) is 0 Å². The first-order valence-electron chi connectivity index (χ1n) is 5.95. The van der Waals surface area contributed by atoms with Crippen LogP contribution >= 0.6 is 11.8 Å². The molecule has 94 valence electrons. The van der Waals surface area contributed by atoms with Crippen LogP contribution in [-0.2, 0) is 13.5 Å². The van der Waals surface area contributed by atoms with Gasteiger partial charge in [-0.2, -0.15) is 5.10 Å². The van der Waals surface area contributed by atoms with E-state index in [1.54, 1.807) is 0 Å². The number of rotatable bonds is 3. The molecule has 0 fully saturated rings. The second-order valence-electron chi connectivity index (χ2n) is 5.23. The summed E-state index contributed by atoms with van der Waals surface area (Å²) >= 11 is 1.82. The fourth-order valence-corrected chi connectivity index (χ4v) is 2.62. The second kappa shape index (κ2) is 5.12. The van der Waals surface area contributed by atoms with Crippen LogP contribution in [0.25, 0.3) is 0 Å². The number of aryl methyl sites for hydroxylation is 1. The van der Waals surface area contributed by atoms with Crippen LogP contribution in [0.4, 0.5) is 0 Å². The number of thioether (sulfide) groups is 1. The molecule has 2 heterocycles. The zero-order valence-corrected chi connectivity index (χ0v) is 11.5. The summed E-state index contributed by atoms with van der Waals surface area (Å²) in [5.74, 6) is 1.14. The number of hydrogen-bond acceptors (Lipinski definition) is 4. The van der Waals surface area contributed by atoms with Crippen molar-refractivity contribution in [2.75, 3.05) is 18.8 Å². The third-order valence-corrected chi connectivity index (χ3v) is 4.15. The maximum atomic E-state index is 4.56. The molecule has 0 amide bonds. The van der Waals surface area contributed by atoms with E-state index in [1.807, 2.05) is 29.7 Å². The average molecular weight is 252 g/mol. The Morgan fingerprint density at radius 2 is 2.35 bits per heavy atom. The summed E-state index contributed by atoms with van der Waals surface area (Å²) in [6.45, 7) is 6.34. The first-order chi connectivity index (χ1) is 8.05. The van der Waals surface area contributed by atoms with Gasteiger partial charge in [-0.05, 0) is 11.5 Å². The van der Waals surface area contributed by atoms with Crippen LogP contribution in [-0.4, -0.2) is 33.8 Å². The van der Waals surface area contributed by atoms with Crippen molar-refractivity contribution in [3.63, 3.8) is 0 Å². The smallest absolute Gasteiger partial charge is 0.156 e. The summed E-state index contributed by atoms with van der Waals surface area (Å²) in [6.07, 6.45) is 2.93. The summed E-state index contributed by atoms with van der Waals surface area (Å²) in [7, 11) is 1.94. The molecule has 0 atom stereocenters. The molecule has 0 spiro atoms. The molecule has 0 unspecified atom stereocenters. The van der Waals surface area contributed by atoms with Gasteiger partial charge in [0.05, 0.1) is 5.69 Å². The lowest BCUT2D eigenvalue weighted by molar-refractivity contribution is 0.436. The zero-order valence-electron chi connectivity index (χ0n) is 10.7. The van der Waals surface area contributed by atoms with E-state index >= 15 is 0 Å². The molecule has 0 radical (unpaired) electrons. The number of nitrogens with one attached hydrogen (secondary N) is 1. The Kier molecular flexibility index (Phi) is 3.76. The number of aromatic nitrogens is 2. The third kappa shape index (κ3) is 3.77. The van der Waals surface area contributed by atoms with E-state index in [1.165, 1.54) is 0 Å². The molecular weight excluding hydrogens is 232 g/mol. The molecule has 1 N–H and O–H groups in total. The van der Waals surface area contributed by atoms with Gasteiger partial charge in [0.1, 0.15) is 0 Å². The molecule has 4 nitrogen and oxygen atoms in total. The first-order valence-corrected chi connectivity index (χ1v) is 6.93. The van der Waals surface area contributed by atoms with Crippen molar-refractivity contribution in [3.8, 4) is 0 Å². The zero-order chi connectivity index (χ0) is 12.3. The number of nitrogens with zero attached hydrogens (tertiary/aromatic N) is 3. The molecule has 1 aromatic rings. The average Bonchev–Trinajstić information content (AvgIpc) is 2.67. The van der Waals surface area contributed by atoms with E-state index in [4.69, 9.17) is 0 Å². The quantitative estimate of drug-likeness (QED) is 0.890. The molecule has 17 heavy (non-hydrogen) atoms. The first kappa shape index (κ1) is 12.5. The molecule has 1 aromatic heterocycles. The summed E-state index contributed by atoms with van der Waals surface area (Å²) < 4.78 is 1.84. The molecule has 0 bridgehead atoms. The Hall–Kier alpha value is -0.970. The monoisotopic (exact) mass is 252 g/mol. The van der Waals surface area contributed by atoms with Gasteiger partial charge in [0, 0.05) is 38.5 Å². The van der Waals surface area contributed by atoms with Gasteiger partial charge in [-0.1, -0.05) is 25.6 Å². The highest BCUT2D eigenvalue weighted by atomic mass is 32.2. The second-order valence-corrected chi connectivity index (χ2v) is 6.20. The Bertz CT molecular complexity index is 408. The Morgan fingerprint density at radius 3 is 2.94 bits per heavy atom. The largest absolute Gasteiger partial charge is 0.365 e. The summed E-state index contributed by atoms with van der Waals surface area (Å²) in [6, 6.07) is 2.06. The number of amidine groups is 1.